The topological polar surface area (TPSA) is 38.7 Å². The van der Waals surface area contributed by atoms with Crippen molar-refractivity contribution in [3.63, 3.8) is 0 Å². The average Bonchev–Trinajstić information content (AvgIpc) is 2.33. The monoisotopic (exact) mass is 369 g/mol. The summed E-state index contributed by atoms with van der Waals surface area (Å²) in [6, 6.07) is 2.24. The first-order valence-electron chi connectivity index (χ1n) is 4.75. The molecule has 2 heterocycles. The molecule has 0 bridgehead atoms. The molecule has 0 aliphatic rings. The van der Waals surface area contributed by atoms with E-state index in [9.17, 15) is 13.2 Å². The molecule has 0 unspecified atom stereocenters. The van der Waals surface area contributed by atoms with Crippen LogP contribution in [0.1, 0.15) is 5.56 Å². The molecule has 2 aromatic rings. The van der Waals surface area contributed by atoms with Gasteiger partial charge in [0.15, 0.2) is 0 Å². The van der Waals surface area contributed by atoms with Crippen LogP contribution in [0.5, 0.6) is 0 Å². The number of nitrogens with zero attached hydrogens (tertiary/aromatic N) is 3. The highest BCUT2D eigenvalue weighted by Gasteiger charge is 2.30. The van der Waals surface area contributed by atoms with Gasteiger partial charge in [0.05, 0.1) is 10.0 Å². The maximum absolute atomic E-state index is 12.4. The van der Waals surface area contributed by atoms with Gasteiger partial charge in [-0.25, -0.2) is 15.0 Å². The standard InChI is InChI=1S/C10H4BrClF3N3S/c11-6-4-17-9(12)18-8(6)19-7-2-1-5(3-16-7)10(13,14)15/h1-4H. The SMILES string of the molecule is FC(F)(F)c1ccc(Sc2nc(Cl)ncc2Br)nc1. The Labute approximate surface area is 123 Å². The van der Waals surface area contributed by atoms with Gasteiger partial charge in [0.25, 0.3) is 0 Å². The van der Waals surface area contributed by atoms with E-state index < -0.39 is 11.7 Å². The van der Waals surface area contributed by atoms with E-state index in [4.69, 9.17) is 11.6 Å². The summed E-state index contributed by atoms with van der Waals surface area (Å²) >= 11 is 9.95. The molecule has 0 radical (unpaired) electrons. The van der Waals surface area contributed by atoms with Crippen LogP contribution >= 0.6 is 39.3 Å². The highest BCUT2D eigenvalue weighted by Crippen LogP contribution is 2.33. The lowest BCUT2D eigenvalue weighted by atomic mass is 10.3. The lowest BCUT2D eigenvalue weighted by Gasteiger charge is -2.07. The molecule has 0 saturated heterocycles. The Morgan fingerprint density at radius 3 is 2.47 bits per heavy atom. The van der Waals surface area contributed by atoms with Gasteiger partial charge in [-0.1, -0.05) is 0 Å². The molecule has 0 aromatic carbocycles. The molecule has 0 spiro atoms. The first-order valence-corrected chi connectivity index (χ1v) is 6.74. The van der Waals surface area contributed by atoms with E-state index in [1.165, 1.54) is 12.3 Å². The summed E-state index contributed by atoms with van der Waals surface area (Å²) in [4.78, 5) is 11.4. The number of alkyl halides is 3. The summed E-state index contributed by atoms with van der Waals surface area (Å²) in [5.41, 5.74) is -0.795. The third-order valence-corrected chi connectivity index (χ3v) is 3.93. The van der Waals surface area contributed by atoms with Crippen molar-refractivity contribution < 1.29 is 13.2 Å². The molecule has 19 heavy (non-hydrogen) atoms. The summed E-state index contributed by atoms with van der Waals surface area (Å²) in [7, 11) is 0. The fraction of sp³-hybridized carbons (Fsp3) is 0.100. The Morgan fingerprint density at radius 1 is 1.16 bits per heavy atom. The molecule has 0 aliphatic carbocycles. The van der Waals surface area contributed by atoms with Crippen molar-refractivity contribution in [2.45, 2.75) is 16.2 Å². The smallest absolute Gasteiger partial charge is 0.249 e. The maximum Gasteiger partial charge on any atom is 0.417 e. The van der Waals surface area contributed by atoms with Crippen LogP contribution in [0.3, 0.4) is 0 Å². The lowest BCUT2D eigenvalue weighted by Crippen LogP contribution is -2.05. The third kappa shape index (κ3) is 3.80. The molecule has 3 nitrogen and oxygen atoms in total. The Balaban J connectivity index is 2.22. The van der Waals surface area contributed by atoms with E-state index >= 15 is 0 Å². The fourth-order valence-electron chi connectivity index (χ4n) is 1.11. The normalized spacial score (nSPS) is 11.6. The van der Waals surface area contributed by atoms with E-state index in [0.717, 1.165) is 24.0 Å². The molecular formula is C10H4BrClF3N3S. The van der Waals surface area contributed by atoms with Crippen LogP contribution in [-0.4, -0.2) is 15.0 Å². The molecule has 0 amide bonds. The number of hydrogen-bond acceptors (Lipinski definition) is 4. The predicted octanol–water partition coefficient (Wildman–Crippen LogP) is 4.46. The van der Waals surface area contributed by atoms with Crippen molar-refractivity contribution in [1.82, 2.24) is 15.0 Å². The molecule has 0 aliphatic heterocycles. The highest BCUT2D eigenvalue weighted by atomic mass is 79.9. The van der Waals surface area contributed by atoms with Crippen molar-refractivity contribution in [2.75, 3.05) is 0 Å². The van der Waals surface area contributed by atoms with Crippen LogP contribution in [0.2, 0.25) is 5.28 Å². The molecule has 0 atom stereocenters. The van der Waals surface area contributed by atoms with Gasteiger partial charge in [-0.2, -0.15) is 13.2 Å². The zero-order valence-corrected chi connectivity index (χ0v) is 12.1. The van der Waals surface area contributed by atoms with Crippen LogP contribution in [0, 0.1) is 0 Å². The van der Waals surface area contributed by atoms with Crippen LogP contribution in [0.4, 0.5) is 13.2 Å². The summed E-state index contributed by atoms with van der Waals surface area (Å²) in [5.74, 6) is 0. The third-order valence-electron chi connectivity index (χ3n) is 1.95. The number of hydrogen-bond donors (Lipinski definition) is 0. The predicted molar refractivity (Wildman–Crippen MR) is 68.1 cm³/mol. The molecule has 0 N–H and O–H groups in total. The Hall–Kier alpha value is -0.860. The minimum absolute atomic E-state index is 0.0533. The van der Waals surface area contributed by atoms with Crippen molar-refractivity contribution in [3.8, 4) is 0 Å². The minimum Gasteiger partial charge on any atom is -0.249 e. The summed E-state index contributed by atoms with van der Waals surface area (Å²) in [6.45, 7) is 0. The molecule has 2 aromatic heterocycles. The zero-order valence-electron chi connectivity index (χ0n) is 8.95. The fourth-order valence-corrected chi connectivity index (χ4v) is 2.45. The van der Waals surface area contributed by atoms with Crippen molar-refractivity contribution >= 4 is 39.3 Å². The van der Waals surface area contributed by atoms with Gasteiger partial charge in [0.1, 0.15) is 10.1 Å². The number of aromatic nitrogens is 3. The molecule has 9 heteroatoms. The number of halogens is 5. The minimum atomic E-state index is -4.39. The zero-order chi connectivity index (χ0) is 14.0. The molecule has 0 fully saturated rings. The van der Waals surface area contributed by atoms with Gasteiger partial charge in [-0.15, -0.1) is 0 Å². The molecule has 0 saturated carbocycles. The summed E-state index contributed by atoms with van der Waals surface area (Å²) < 4.78 is 37.7. The van der Waals surface area contributed by atoms with E-state index in [2.05, 4.69) is 30.9 Å². The first kappa shape index (κ1) is 14.5. The quantitative estimate of drug-likeness (QED) is 0.578. The summed E-state index contributed by atoms with van der Waals surface area (Å²) in [6.07, 6.45) is -2.16. The Morgan fingerprint density at radius 2 is 1.89 bits per heavy atom. The molecule has 2 rings (SSSR count). The Kier molecular flexibility index (Phi) is 4.32. The van der Waals surface area contributed by atoms with E-state index in [-0.39, 0.29) is 5.28 Å². The van der Waals surface area contributed by atoms with Crippen LogP contribution in [-0.2, 0) is 6.18 Å². The van der Waals surface area contributed by atoms with Gasteiger partial charge in [0.2, 0.25) is 5.28 Å². The summed E-state index contributed by atoms with van der Waals surface area (Å²) in [5, 5.41) is 0.910. The van der Waals surface area contributed by atoms with Crippen LogP contribution in [0.15, 0.2) is 39.1 Å². The number of pyridine rings is 1. The second-order valence-corrected chi connectivity index (χ2v) is 5.48. The first-order chi connectivity index (χ1) is 8.86. The van der Waals surface area contributed by atoms with Crippen molar-refractivity contribution in [1.29, 1.82) is 0 Å². The Bertz CT molecular complexity index is 592. The second kappa shape index (κ2) is 5.64. The van der Waals surface area contributed by atoms with Crippen LogP contribution < -0.4 is 0 Å². The van der Waals surface area contributed by atoms with Crippen molar-refractivity contribution in [2.24, 2.45) is 0 Å². The lowest BCUT2D eigenvalue weighted by molar-refractivity contribution is -0.137. The maximum atomic E-state index is 12.4. The van der Waals surface area contributed by atoms with E-state index in [1.54, 1.807) is 0 Å². The van der Waals surface area contributed by atoms with Gasteiger partial charge >= 0.3 is 6.18 Å². The largest absolute Gasteiger partial charge is 0.417 e. The highest BCUT2D eigenvalue weighted by molar-refractivity contribution is 9.10. The van der Waals surface area contributed by atoms with E-state index in [1.807, 2.05) is 0 Å². The molecule has 100 valence electrons. The average molecular weight is 371 g/mol. The van der Waals surface area contributed by atoms with Crippen LogP contribution in [0.25, 0.3) is 0 Å². The van der Waals surface area contributed by atoms with E-state index in [0.29, 0.717) is 14.5 Å². The van der Waals surface area contributed by atoms with Gasteiger partial charge in [-0.05, 0) is 51.4 Å². The van der Waals surface area contributed by atoms with Gasteiger partial charge in [0, 0.05) is 12.4 Å². The van der Waals surface area contributed by atoms with Crippen molar-refractivity contribution in [3.05, 3.63) is 39.8 Å². The number of rotatable bonds is 2. The molecular weight excluding hydrogens is 367 g/mol. The second-order valence-electron chi connectivity index (χ2n) is 3.28. The van der Waals surface area contributed by atoms with Gasteiger partial charge < -0.3 is 0 Å². The van der Waals surface area contributed by atoms with Gasteiger partial charge in [-0.3, -0.25) is 0 Å².